The molecule has 0 aliphatic carbocycles. The highest BCUT2D eigenvalue weighted by Crippen LogP contribution is 2.41. The Morgan fingerprint density at radius 1 is 0.417 bits per heavy atom. The molecule has 0 fully saturated rings. The molecule has 6 heteroatoms. The smallest absolute Gasteiger partial charge is 0.131 e. The van der Waals surface area contributed by atoms with Gasteiger partial charge in [-0.3, -0.25) is 0 Å². The van der Waals surface area contributed by atoms with Gasteiger partial charge in [0.1, 0.15) is 34.6 Å². The van der Waals surface area contributed by atoms with Crippen molar-refractivity contribution in [2.75, 3.05) is 28.4 Å². The average Bonchev–Trinajstić information content (AvgIpc) is 2.91. The molecule has 0 unspecified atom stereocenters. The first-order valence-corrected chi connectivity index (χ1v) is 11.3. The van der Waals surface area contributed by atoms with E-state index in [1.807, 2.05) is 36.4 Å². The molecule has 0 spiro atoms. The molecule has 0 atom stereocenters. The fourth-order valence-electron chi connectivity index (χ4n) is 4.48. The number of hydrogen-bond donors (Lipinski definition) is 0. The summed E-state index contributed by atoms with van der Waals surface area (Å²) in [5.41, 5.74) is 1.12. The molecule has 0 N–H and O–H groups in total. The molecule has 0 aromatic heterocycles. The molecule has 4 nitrogen and oxygen atoms in total. The minimum Gasteiger partial charge on any atom is -0.497 e. The quantitative estimate of drug-likeness (QED) is 0.247. The molecule has 0 amide bonds. The van der Waals surface area contributed by atoms with Gasteiger partial charge in [-0.1, -0.05) is 12.1 Å². The van der Waals surface area contributed by atoms with E-state index in [2.05, 4.69) is 0 Å². The van der Waals surface area contributed by atoms with Crippen LogP contribution in [0, 0.1) is 11.6 Å². The molecular formula is C30H24F2O4. The molecule has 0 aliphatic rings. The molecule has 0 heterocycles. The van der Waals surface area contributed by atoms with Crippen molar-refractivity contribution in [1.29, 1.82) is 0 Å². The highest BCUT2D eigenvalue weighted by Gasteiger charge is 2.19. The lowest BCUT2D eigenvalue weighted by Crippen LogP contribution is -1.96. The van der Waals surface area contributed by atoms with E-state index in [9.17, 15) is 0 Å². The summed E-state index contributed by atoms with van der Waals surface area (Å²) in [5.74, 6) is 1.10. The van der Waals surface area contributed by atoms with Crippen LogP contribution in [-0.2, 0) is 0 Å². The maximum absolute atomic E-state index is 15.6. The van der Waals surface area contributed by atoms with Gasteiger partial charge >= 0.3 is 0 Å². The van der Waals surface area contributed by atoms with Crippen molar-refractivity contribution >= 4 is 21.5 Å². The van der Waals surface area contributed by atoms with E-state index in [1.165, 1.54) is 26.4 Å². The zero-order valence-electron chi connectivity index (χ0n) is 20.3. The Kier molecular flexibility index (Phi) is 6.10. The van der Waals surface area contributed by atoms with Crippen LogP contribution in [0.4, 0.5) is 8.78 Å². The normalized spacial score (nSPS) is 11.1. The summed E-state index contributed by atoms with van der Waals surface area (Å²) < 4.78 is 52.8. The van der Waals surface area contributed by atoms with Gasteiger partial charge in [0.15, 0.2) is 0 Å². The summed E-state index contributed by atoms with van der Waals surface area (Å²) in [6, 6.07) is 20.7. The summed E-state index contributed by atoms with van der Waals surface area (Å²) in [6.07, 6.45) is 0. The summed E-state index contributed by atoms with van der Waals surface area (Å²) in [5, 5.41) is 3.43. The van der Waals surface area contributed by atoms with E-state index in [0.29, 0.717) is 34.1 Å². The molecule has 0 radical (unpaired) electrons. The van der Waals surface area contributed by atoms with E-state index in [4.69, 9.17) is 18.9 Å². The lowest BCUT2D eigenvalue weighted by Gasteiger charge is -2.16. The first-order chi connectivity index (χ1) is 17.4. The van der Waals surface area contributed by atoms with Gasteiger partial charge in [-0.15, -0.1) is 0 Å². The Hall–Kier alpha value is -4.32. The second-order valence-electron chi connectivity index (χ2n) is 8.34. The SMILES string of the molecule is COc1ccc2cc(-c3cc(F)c(-c4cc5ccc(OC)cc5cc4OC)cc3F)c(OC)cc2c1. The van der Waals surface area contributed by atoms with Crippen molar-refractivity contribution in [3.8, 4) is 45.3 Å². The van der Waals surface area contributed by atoms with Gasteiger partial charge in [0.2, 0.25) is 0 Å². The predicted molar refractivity (Wildman–Crippen MR) is 138 cm³/mol. The Balaban J connectivity index is 1.66. The van der Waals surface area contributed by atoms with Crippen molar-refractivity contribution in [3.63, 3.8) is 0 Å². The highest BCUT2D eigenvalue weighted by atomic mass is 19.1. The summed E-state index contributed by atoms with van der Waals surface area (Å²) in [4.78, 5) is 0. The van der Waals surface area contributed by atoms with Gasteiger partial charge in [-0.05, 0) is 82.2 Å². The Morgan fingerprint density at radius 3 is 1.19 bits per heavy atom. The largest absolute Gasteiger partial charge is 0.497 e. The van der Waals surface area contributed by atoms with Crippen LogP contribution in [0.15, 0.2) is 72.8 Å². The molecule has 182 valence electrons. The summed E-state index contributed by atoms with van der Waals surface area (Å²) >= 11 is 0. The molecule has 0 aliphatic heterocycles. The van der Waals surface area contributed by atoms with Gasteiger partial charge in [0.05, 0.1) is 28.4 Å². The molecule has 5 rings (SSSR count). The number of rotatable bonds is 6. The van der Waals surface area contributed by atoms with Gasteiger partial charge in [-0.25, -0.2) is 8.78 Å². The van der Waals surface area contributed by atoms with Crippen molar-refractivity contribution in [1.82, 2.24) is 0 Å². The van der Waals surface area contributed by atoms with Crippen LogP contribution in [0.2, 0.25) is 0 Å². The van der Waals surface area contributed by atoms with E-state index in [-0.39, 0.29) is 11.1 Å². The molecule has 0 saturated carbocycles. The first kappa shape index (κ1) is 23.4. The van der Waals surface area contributed by atoms with Crippen LogP contribution in [0.1, 0.15) is 0 Å². The number of benzene rings is 5. The molecule has 0 bridgehead atoms. The molecule has 0 saturated heterocycles. The van der Waals surface area contributed by atoms with Gasteiger partial charge in [-0.2, -0.15) is 0 Å². The minimum atomic E-state index is -0.575. The monoisotopic (exact) mass is 486 g/mol. The van der Waals surface area contributed by atoms with Gasteiger partial charge in [0.25, 0.3) is 0 Å². The maximum Gasteiger partial charge on any atom is 0.131 e. The summed E-state index contributed by atoms with van der Waals surface area (Å²) in [6.45, 7) is 0. The number of ether oxygens (including phenoxy) is 4. The topological polar surface area (TPSA) is 36.9 Å². The number of halogens is 2. The van der Waals surface area contributed by atoms with Crippen LogP contribution < -0.4 is 18.9 Å². The van der Waals surface area contributed by atoms with Crippen LogP contribution in [0.5, 0.6) is 23.0 Å². The molecular weight excluding hydrogens is 462 g/mol. The number of hydrogen-bond acceptors (Lipinski definition) is 4. The van der Waals surface area contributed by atoms with Crippen LogP contribution in [-0.4, -0.2) is 28.4 Å². The van der Waals surface area contributed by atoms with E-state index in [0.717, 1.165) is 21.5 Å². The van der Waals surface area contributed by atoms with Crippen molar-refractivity contribution in [2.24, 2.45) is 0 Å². The van der Waals surface area contributed by atoms with Crippen LogP contribution in [0.3, 0.4) is 0 Å². The van der Waals surface area contributed by atoms with Crippen LogP contribution in [0.25, 0.3) is 43.8 Å². The molecule has 5 aromatic carbocycles. The second-order valence-corrected chi connectivity index (χ2v) is 8.34. The predicted octanol–water partition coefficient (Wildman–Crippen LogP) is 7.64. The lowest BCUT2D eigenvalue weighted by atomic mass is 9.94. The number of methoxy groups -OCH3 is 4. The van der Waals surface area contributed by atoms with E-state index < -0.39 is 11.6 Å². The van der Waals surface area contributed by atoms with E-state index >= 15 is 8.78 Å². The Labute approximate surface area is 207 Å². The zero-order valence-corrected chi connectivity index (χ0v) is 20.3. The lowest BCUT2D eigenvalue weighted by molar-refractivity contribution is 0.414. The average molecular weight is 487 g/mol. The van der Waals surface area contributed by atoms with Gasteiger partial charge in [0, 0.05) is 22.3 Å². The third-order valence-electron chi connectivity index (χ3n) is 6.37. The first-order valence-electron chi connectivity index (χ1n) is 11.3. The van der Waals surface area contributed by atoms with Crippen molar-refractivity contribution in [2.45, 2.75) is 0 Å². The van der Waals surface area contributed by atoms with E-state index in [1.54, 1.807) is 38.5 Å². The molecule has 5 aromatic rings. The zero-order chi connectivity index (χ0) is 25.4. The third-order valence-corrected chi connectivity index (χ3v) is 6.37. The van der Waals surface area contributed by atoms with Crippen LogP contribution >= 0.6 is 0 Å². The van der Waals surface area contributed by atoms with Crippen molar-refractivity contribution < 1.29 is 27.7 Å². The maximum atomic E-state index is 15.6. The number of fused-ring (bicyclic) bond motifs is 2. The van der Waals surface area contributed by atoms with Gasteiger partial charge < -0.3 is 18.9 Å². The standard InChI is InChI=1S/C30H24F2O4/c1-33-21-7-5-17-11-25(29(35-3)13-19(17)9-21)23-15-28(32)24(16-27(23)31)26-12-18-6-8-22(34-2)10-20(18)14-30(26)36-4/h5-16H,1-4H3. The minimum absolute atomic E-state index is 0.107. The molecule has 36 heavy (non-hydrogen) atoms. The summed E-state index contributed by atoms with van der Waals surface area (Å²) in [7, 11) is 6.19. The highest BCUT2D eigenvalue weighted by molar-refractivity contribution is 5.94. The second kappa shape index (κ2) is 9.38. The third kappa shape index (κ3) is 4.05. The fraction of sp³-hybridized carbons (Fsp3) is 0.133. The Morgan fingerprint density at radius 2 is 0.833 bits per heavy atom. The fourth-order valence-corrected chi connectivity index (χ4v) is 4.48. The Bertz CT molecular complexity index is 1490. The van der Waals surface area contributed by atoms with Crippen molar-refractivity contribution in [3.05, 3.63) is 84.4 Å².